The molecule has 2 aromatic heterocycles. The summed E-state index contributed by atoms with van der Waals surface area (Å²) in [5.41, 5.74) is 8.32. The zero-order valence-corrected chi connectivity index (χ0v) is 8.60. The van der Waals surface area contributed by atoms with E-state index in [2.05, 4.69) is 9.97 Å². The molecule has 2 heterocycles. The maximum atomic E-state index is 5.50. The summed E-state index contributed by atoms with van der Waals surface area (Å²) in [6, 6.07) is 3.80. The standard InChI is InChI=1S/C11H13N3O/c1-8-6-10(2-4-12)14-11(13-8)9-3-5-15-7-9/h3,5-7H,2,4,12H2,1H3. The van der Waals surface area contributed by atoms with Crippen LogP contribution >= 0.6 is 0 Å². The van der Waals surface area contributed by atoms with Gasteiger partial charge in [-0.25, -0.2) is 9.97 Å². The molecular formula is C11H13N3O. The monoisotopic (exact) mass is 203 g/mol. The molecule has 0 radical (unpaired) electrons. The molecule has 0 unspecified atom stereocenters. The van der Waals surface area contributed by atoms with Crippen molar-refractivity contribution in [2.24, 2.45) is 5.73 Å². The lowest BCUT2D eigenvalue weighted by atomic mass is 10.2. The molecule has 15 heavy (non-hydrogen) atoms. The van der Waals surface area contributed by atoms with Gasteiger partial charge in [0.25, 0.3) is 0 Å². The van der Waals surface area contributed by atoms with Crippen molar-refractivity contribution < 1.29 is 4.42 Å². The highest BCUT2D eigenvalue weighted by molar-refractivity contribution is 5.52. The van der Waals surface area contributed by atoms with E-state index in [4.69, 9.17) is 10.2 Å². The molecule has 4 nitrogen and oxygen atoms in total. The van der Waals surface area contributed by atoms with Crippen molar-refractivity contribution in [3.05, 3.63) is 36.0 Å². The first-order valence-electron chi connectivity index (χ1n) is 4.87. The molecule has 0 saturated carbocycles. The highest BCUT2D eigenvalue weighted by Gasteiger charge is 2.05. The molecule has 2 N–H and O–H groups in total. The maximum absolute atomic E-state index is 5.50. The molecule has 0 atom stereocenters. The Hall–Kier alpha value is -1.68. The number of furan rings is 1. The Labute approximate surface area is 88.2 Å². The normalized spacial score (nSPS) is 10.5. The second-order valence-electron chi connectivity index (χ2n) is 3.37. The van der Waals surface area contributed by atoms with Gasteiger partial charge in [-0.3, -0.25) is 0 Å². The summed E-state index contributed by atoms with van der Waals surface area (Å²) in [6.45, 7) is 2.55. The Morgan fingerprint density at radius 3 is 2.93 bits per heavy atom. The summed E-state index contributed by atoms with van der Waals surface area (Å²) in [5.74, 6) is 0.701. The van der Waals surface area contributed by atoms with Gasteiger partial charge in [0.2, 0.25) is 0 Å². The second kappa shape index (κ2) is 4.23. The molecule has 0 spiro atoms. The van der Waals surface area contributed by atoms with E-state index in [0.717, 1.165) is 23.4 Å². The summed E-state index contributed by atoms with van der Waals surface area (Å²) < 4.78 is 5.00. The SMILES string of the molecule is Cc1cc(CCN)nc(-c2ccoc2)n1. The van der Waals surface area contributed by atoms with Crippen LogP contribution in [0.4, 0.5) is 0 Å². The molecule has 0 aliphatic carbocycles. The van der Waals surface area contributed by atoms with E-state index in [9.17, 15) is 0 Å². The van der Waals surface area contributed by atoms with Gasteiger partial charge in [0, 0.05) is 17.8 Å². The third kappa shape index (κ3) is 2.22. The first-order valence-corrected chi connectivity index (χ1v) is 4.87. The summed E-state index contributed by atoms with van der Waals surface area (Å²) in [6.07, 6.45) is 4.03. The van der Waals surface area contributed by atoms with Crippen LogP contribution in [0.3, 0.4) is 0 Å². The van der Waals surface area contributed by atoms with Crippen molar-refractivity contribution in [3.8, 4) is 11.4 Å². The minimum absolute atomic E-state index is 0.598. The fourth-order valence-electron chi connectivity index (χ4n) is 1.43. The van der Waals surface area contributed by atoms with E-state index in [-0.39, 0.29) is 0 Å². The van der Waals surface area contributed by atoms with Gasteiger partial charge >= 0.3 is 0 Å². The van der Waals surface area contributed by atoms with E-state index in [1.807, 2.05) is 19.1 Å². The largest absolute Gasteiger partial charge is 0.472 e. The van der Waals surface area contributed by atoms with Crippen molar-refractivity contribution in [3.63, 3.8) is 0 Å². The summed E-state index contributed by atoms with van der Waals surface area (Å²) in [4.78, 5) is 8.76. The van der Waals surface area contributed by atoms with Gasteiger partial charge in [0.15, 0.2) is 5.82 Å². The van der Waals surface area contributed by atoms with Crippen LogP contribution in [0.2, 0.25) is 0 Å². The Morgan fingerprint density at radius 2 is 2.27 bits per heavy atom. The highest BCUT2D eigenvalue weighted by Crippen LogP contribution is 2.16. The maximum Gasteiger partial charge on any atom is 0.162 e. The van der Waals surface area contributed by atoms with Crippen molar-refractivity contribution >= 4 is 0 Å². The lowest BCUT2D eigenvalue weighted by Crippen LogP contribution is -2.06. The highest BCUT2D eigenvalue weighted by atomic mass is 16.3. The zero-order valence-electron chi connectivity index (χ0n) is 8.60. The average molecular weight is 203 g/mol. The van der Waals surface area contributed by atoms with Crippen LogP contribution in [-0.4, -0.2) is 16.5 Å². The molecule has 0 aliphatic rings. The van der Waals surface area contributed by atoms with Crippen LogP contribution < -0.4 is 5.73 Å². The van der Waals surface area contributed by atoms with Crippen LogP contribution in [0, 0.1) is 6.92 Å². The molecule has 4 heteroatoms. The number of hydrogen-bond donors (Lipinski definition) is 1. The first kappa shape index (κ1) is 9.86. The molecule has 0 bridgehead atoms. The Morgan fingerprint density at radius 1 is 1.40 bits per heavy atom. The Balaban J connectivity index is 2.40. The van der Waals surface area contributed by atoms with Gasteiger partial charge in [-0.2, -0.15) is 0 Å². The van der Waals surface area contributed by atoms with Crippen molar-refractivity contribution in [2.45, 2.75) is 13.3 Å². The number of hydrogen-bond acceptors (Lipinski definition) is 4. The number of aryl methyl sites for hydroxylation is 1. The predicted octanol–water partition coefficient (Wildman–Crippen LogP) is 1.55. The topological polar surface area (TPSA) is 64.9 Å². The van der Waals surface area contributed by atoms with E-state index in [1.54, 1.807) is 12.5 Å². The second-order valence-corrected chi connectivity index (χ2v) is 3.37. The van der Waals surface area contributed by atoms with Gasteiger partial charge in [-0.1, -0.05) is 0 Å². The average Bonchev–Trinajstić information content (AvgIpc) is 2.70. The van der Waals surface area contributed by atoms with Crippen LogP contribution in [0.5, 0.6) is 0 Å². The molecular weight excluding hydrogens is 190 g/mol. The predicted molar refractivity (Wildman–Crippen MR) is 57.2 cm³/mol. The van der Waals surface area contributed by atoms with Gasteiger partial charge in [0.05, 0.1) is 11.8 Å². The minimum Gasteiger partial charge on any atom is -0.472 e. The van der Waals surface area contributed by atoms with E-state index >= 15 is 0 Å². The van der Waals surface area contributed by atoms with E-state index in [0.29, 0.717) is 12.4 Å². The van der Waals surface area contributed by atoms with E-state index < -0.39 is 0 Å². The van der Waals surface area contributed by atoms with Gasteiger partial charge in [-0.05, 0) is 25.6 Å². The molecule has 0 aliphatic heterocycles. The molecule has 0 saturated heterocycles. The minimum atomic E-state index is 0.598. The molecule has 2 rings (SSSR count). The number of nitrogens with two attached hydrogens (primary N) is 1. The van der Waals surface area contributed by atoms with Gasteiger partial charge in [-0.15, -0.1) is 0 Å². The third-order valence-electron chi connectivity index (χ3n) is 2.09. The van der Waals surface area contributed by atoms with Gasteiger partial charge in [0.1, 0.15) is 6.26 Å². The lowest BCUT2D eigenvalue weighted by molar-refractivity contribution is 0.568. The third-order valence-corrected chi connectivity index (χ3v) is 2.09. The van der Waals surface area contributed by atoms with E-state index in [1.165, 1.54) is 0 Å². The fourth-order valence-corrected chi connectivity index (χ4v) is 1.43. The Bertz CT molecular complexity index is 437. The number of aromatic nitrogens is 2. The van der Waals surface area contributed by atoms with Crippen LogP contribution in [0.15, 0.2) is 29.1 Å². The summed E-state index contributed by atoms with van der Waals surface area (Å²) in [7, 11) is 0. The number of nitrogens with zero attached hydrogens (tertiary/aromatic N) is 2. The van der Waals surface area contributed by atoms with Crippen LogP contribution in [0.1, 0.15) is 11.4 Å². The Kier molecular flexibility index (Phi) is 2.78. The van der Waals surface area contributed by atoms with Crippen LogP contribution in [-0.2, 0) is 6.42 Å². The van der Waals surface area contributed by atoms with Crippen LogP contribution in [0.25, 0.3) is 11.4 Å². The number of rotatable bonds is 3. The molecule has 2 aromatic rings. The van der Waals surface area contributed by atoms with Crippen molar-refractivity contribution in [1.82, 2.24) is 9.97 Å². The summed E-state index contributed by atoms with van der Waals surface area (Å²) >= 11 is 0. The zero-order chi connectivity index (χ0) is 10.7. The molecule has 0 aromatic carbocycles. The fraction of sp³-hybridized carbons (Fsp3) is 0.273. The van der Waals surface area contributed by atoms with Crippen molar-refractivity contribution in [2.75, 3.05) is 6.54 Å². The molecule has 0 fully saturated rings. The molecule has 78 valence electrons. The first-order chi connectivity index (χ1) is 7.29. The quantitative estimate of drug-likeness (QED) is 0.821. The lowest BCUT2D eigenvalue weighted by Gasteiger charge is -2.02. The summed E-state index contributed by atoms with van der Waals surface area (Å²) in [5, 5.41) is 0. The van der Waals surface area contributed by atoms with Crippen molar-refractivity contribution in [1.29, 1.82) is 0 Å². The van der Waals surface area contributed by atoms with Gasteiger partial charge < -0.3 is 10.2 Å². The smallest absolute Gasteiger partial charge is 0.162 e. The molecule has 0 amide bonds.